The summed E-state index contributed by atoms with van der Waals surface area (Å²) in [7, 11) is -3.16. The Kier molecular flexibility index (Phi) is 4.30. The standard InChI is InChI=1S/C13H22N2O3S/c1-11-10-14(7-8-15(11)19(2,17)18)13(16)9-12-5-3-4-6-12/h3,5,11-12H,4,6-10H2,1-2H3/t11-,12+/m0/s1. The van der Waals surface area contributed by atoms with Crippen LogP contribution in [0.3, 0.4) is 0 Å². The van der Waals surface area contributed by atoms with E-state index in [1.165, 1.54) is 10.6 Å². The van der Waals surface area contributed by atoms with Gasteiger partial charge in [0.2, 0.25) is 15.9 Å². The number of nitrogens with zero attached hydrogens (tertiary/aromatic N) is 2. The number of rotatable bonds is 3. The molecule has 0 aromatic heterocycles. The Hall–Kier alpha value is -0.880. The Morgan fingerprint density at radius 2 is 2.11 bits per heavy atom. The lowest BCUT2D eigenvalue weighted by atomic mass is 10.0. The molecule has 2 atom stereocenters. The predicted octanol–water partition coefficient (Wildman–Crippen LogP) is 0.835. The molecule has 1 aliphatic carbocycles. The summed E-state index contributed by atoms with van der Waals surface area (Å²) < 4.78 is 24.6. The molecule has 1 amide bonds. The first-order valence-electron chi connectivity index (χ1n) is 6.79. The van der Waals surface area contributed by atoms with Crippen molar-refractivity contribution < 1.29 is 13.2 Å². The van der Waals surface area contributed by atoms with Crippen molar-refractivity contribution >= 4 is 15.9 Å². The summed E-state index contributed by atoms with van der Waals surface area (Å²) in [5.74, 6) is 0.521. The highest BCUT2D eigenvalue weighted by atomic mass is 32.2. The molecule has 0 aromatic carbocycles. The minimum absolute atomic E-state index is 0.133. The van der Waals surface area contributed by atoms with E-state index in [0.717, 1.165) is 12.8 Å². The summed E-state index contributed by atoms with van der Waals surface area (Å²) in [4.78, 5) is 14.0. The molecule has 1 fully saturated rings. The molecule has 2 aliphatic rings. The first-order chi connectivity index (χ1) is 8.88. The summed E-state index contributed by atoms with van der Waals surface area (Å²) in [5, 5.41) is 0. The lowest BCUT2D eigenvalue weighted by molar-refractivity contribution is -0.133. The molecule has 0 spiro atoms. The van der Waals surface area contributed by atoms with Crippen LogP contribution in [0.5, 0.6) is 0 Å². The molecule has 108 valence electrons. The van der Waals surface area contributed by atoms with Crippen LogP contribution in [0, 0.1) is 5.92 Å². The molecule has 0 N–H and O–H groups in total. The third-order valence-corrected chi connectivity index (χ3v) is 5.29. The van der Waals surface area contributed by atoms with Crippen LogP contribution in [0.4, 0.5) is 0 Å². The fourth-order valence-electron chi connectivity index (χ4n) is 2.88. The normalized spacial score (nSPS) is 28.8. The number of piperazine rings is 1. The van der Waals surface area contributed by atoms with Crippen LogP contribution in [-0.4, -0.2) is 55.5 Å². The lowest BCUT2D eigenvalue weighted by Crippen LogP contribution is -2.55. The number of hydrogen-bond donors (Lipinski definition) is 0. The zero-order valence-electron chi connectivity index (χ0n) is 11.6. The molecule has 1 heterocycles. The van der Waals surface area contributed by atoms with Crippen LogP contribution in [0.15, 0.2) is 12.2 Å². The number of amides is 1. The van der Waals surface area contributed by atoms with Crippen LogP contribution < -0.4 is 0 Å². The van der Waals surface area contributed by atoms with E-state index >= 15 is 0 Å². The van der Waals surface area contributed by atoms with Crippen LogP contribution >= 0.6 is 0 Å². The van der Waals surface area contributed by atoms with Gasteiger partial charge in [-0.25, -0.2) is 8.42 Å². The summed E-state index contributed by atoms with van der Waals surface area (Å²) in [6, 6.07) is -0.133. The fraction of sp³-hybridized carbons (Fsp3) is 0.769. The Morgan fingerprint density at radius 1 is 1.37 bits per heavy atom. The molecule has 1 saturated heterocycles. The molecule has 0 bridgehead atoms. The topological polar surface area (TPSA) is 57.7 Å². The average molecular weight is 286 g/mol. The highest BCUT2D eigenvalue weighted by Crippen LogP contribution is 2.22. The van der Waals surface area contributed by atoms with E-state index in [2.05, 4.69) is 12.2 Å². The molecule has 1 aliphatic heterocycles. The second-order valence-electron chi connectivity index (χ2n) is 5.53. The molecule has 2 rings (SSSR count). The minimum atomic E-state index is -3.16. The highest BCUT2D eigenvalue weighted by Gasteiger charge is 2.32. The van der Waals surface area contributed by atoms with Crippen molar-refractivity contribution in [2.45, 2.75) is 32.2 Å². The van der Waals surface area contributed by atoms with Gasteiger partial charge in [-0.1, -0.05) is 12.2 Å². The molecule has 0 unspecified atom stereocenters. The second-order valence-corrected chi connectivity index (χ2v) is 7.47. The molecular formula is C13H22N2O3S. The van der Waals surface area contributed by atoms with Crippen molar-refractivity contribution in [1.29, 1.82) is 0 Å². The summed E-state index contributed by atoms with van der Waals surface area (Å²) in [6.07, 6.45) is 8.16. The molecule has 0 saturated carbocycles. The average Bonchev–Trinajstić information content (AvgIpc) is 2.79. The maximum Gasteiger partial charge on any atom is 0.223 e. The Bertz CT molecular complexity index is 472. The first kappa shape index (κ1) is 14.5. The van der Waals surface area contributed by atoms with Crippen molar-refractivity contribution in [3.63, 3.8) is 0 Å². The zero-order chi connectivity index (χ0) is 14.0. The third kappa shape index (κ3) is 3.57. The van der Waals surface area contributed by atoms with E-state index in [0.29, 0.717) is 32.0 Å². The van der Waals surface area contributed by atoms with Gasteiger partial charge in [-0.2, -0.15) is 4.31 Å². The van der Waals surface area contributed by atoms with Gasteiger partial charge in [0.05, 0.1) is 6.26 Å². The van der Waals surface area contributed by atoms with Crippen molar-refractivity contribution in [3.05, 3.63) is 12.2 Å². The van der Waals surface area contributed by atoms with Gasteiger partial charge in [0, 0.05) is 32.1 Å². The smallest absolute Gasteiger partial charge is 0.223 e. The van der Waals surface area contributed by atoms with E-state index in [9.17, 15) is 13.2 Å². The number of sulfonamides is 1. The lowest BCUT2D eigenvalue weighted by Gasteiger charge is -2.38. The summed E-state index contributed by atoms with van der Waals surface area (Å²) in [6.45, 7) is 3.28. The fourth-order valence-corrected chi connectivity index (χ4v) is 4.01. The van der Waals surface area contributed by atoms with Gasteiger partial charge in [-0.15, -0.1) is 0 Å². The highest BCUT2D eigenvalue weighted by molar-refractivity contribution is 7.88. The van der Waals surface area contributed by atoms with E-state index in [4.69, 9.17) is 0 Å². The van der Waals surface area contributed by atoms with Gasteiger partial charge in [0.15, 0.2) is 0 Å². The van der Waals surface area contributed by atoms with Crippen molar-refractivity contribution in [2.24, 2.45) is 5.92 Å². The van der Waals surface area contributed by atoms with Crippen molar-refractivity contribution in [2.75, 3.05) is 25.9 Å². The Labute approximate surface area is 115 Å². The van der Waals surface area contributed by atoms with Gasteiger partial charge < -0.3 is 4.90 Å². The van der Waals surface area contributed by atoms with Crippen molar-refractivity contribution in [1.82, 2.24) is 9.21 Å². The third-order valence-electron chi connectivity index (χ3n) is 3.89. The molecule has 19 heavy (non-hydrogen) atoms. The number of carbonyl (C=O) groups excluding carboxylic acids is 1. The largest absolute Gasteiger partial charge is 0.340 e. The Morgan fingerprint density at radius 3 is 2.63 bits per heavy atom. The quantitative estimate of drug-likeness (QED) is 0.722. The van der Waals surface area contributed by atoms with E-state index < -0.39 is 10.0 Å². The number of carbonyl (C=O) groups is 1. The van der Waals surface area contributed by atoms with E-state index in [1.54, 1.807) is 4.90 Å². The molecule has 0 aromatic rings. The molecule has 5 nitrogen and oxygen atoms in total. The van der Waals surface area contributed by atoms with Gasteiger partial charge >= 0.3 is 0 Å². The van der Waals surface area contributed by atoms with Crippen LogP contribution in [0.25, 0.3) is 0 Å². The van der Waals surface area contributed by atoms with Crippen LogP contribution in [0.1, 0.15) is 26.2 Å². The maximum atomic E-state index is 12.2. The number of hydrogen-bond acceptors (Lipinski definition) is 3. The monoisotopic (exact) mass is 286 g/mol. The van der Waals surface area contributed by atoms with Gasteiger partial charge in [-0.3, -0.25) is 4.79 Å². The molecule has 0 radical (unpaired) electrons. The van der Waals surface area contributed by atoms with Gasteiger partial charge in [0.1, 0.15) is 0 Å². The van der Waals surface area contributed by atoms with Gasteiger partial charge in [-0.05, 0) is 25.7 Å². The second kappa shape index (κ2) is 5.63. The Balaban J connectivity index is 1.90. The maximum absolute atomic E-state index is 12.2. The molecule has 6 heteroatoms. The number of allylic oxidation sites excluding steroid dienone is 2. The van der Waals surface area contributed by atoms with Gasteiger partial charge in [0.25, 0.3) is 0 Å². The first-order valence-corrected chi connectivity index (χ1v) is 8.64. The summed E-state index contributed by atoms with van der Waals surface area (Å²) in [5.41, 5.74) is 0. The van der Waals surface area contributed by atoms with E-state index in [1.807, 2.05) is 6.92 Å². The van der Waals surface area contributed by atoms with Crippen molar-refractivity contribution in [3.8, 4) is 0 Å². The predicted molar refractivity (Wildman–Crippen MR) is 74.1 cm³/mol. The van der Waals surface area contributed by atoms with Crippen LogP contribution in [-0.2, 0) is 14.8 Å². The summed E-state index contributed by atoms with van der Waals surface area (Å²) >= 11 is 0. The van der Waals surface area contributed by atoms with E-state index in [-0.39, 0.29) is 11.9 Å². The molecular weight excluding hydrogens is 264 g/mol. The van der Waals surface area contributed by atoms with Crippen LogP contribution in [0.2, 0.25) is 0 Å². The zero-order valence-corrected chi connectivity index (χ0v) is 12.4. The minimum Gasteiger partial charge on any atom is -0.340 e. The SMILES string of the molecule is C[C@H]1CN(C(=O)C[C@@H]2C=CCC2)CCN1S(C)(=O)=O.